The number of amides is 1. The van der Waals surface area contributed by atoms with Gasteiger partial charge in [0.1, 0.15) is 0 Å². The van der Waals surface area contributed by atoms with Gasteiger partial charge in [-0.05, 0) is 36.2 Å². The van der Waals surface area contributed by atoms with Crippen molar-refractivity contribution in [3.63, 3.8) is 0 Å². The highest BCUT2D eigenvalue weighted by Gasteiger charge is 2.20. The van der Waals surface area contributed by atoms with Crippen molar-refractivity contribution >= 4 is 5.91 Å². The molecule has 3 rings (SSSR count). The number of ether oxygens (including phenoxy) is 1. The number of nitrogens with zero attached hydrogens (tertiary/aromatic N) is 3. The minimum atomic E-state index is -0.443. The van der Waals surface area contributed by atoms with Crippen LogP contribution in [0.2, 0.25) is 0 Å². The Morgan fingerprint density at radius 2 is 1.96 bits per heavy atom. The maximum Gasteiger partial charge on any atom is 0.257 e. The average Bonchev–Trinajstić information content (AvgIpc) is 3.12. The number of methoxy groups -OCH3 is 1. The number of hydrogen-bond donors (Lipinski definition) is 0. The number of carbonyl (C=O) groups excluding carboxylic acids is 1. The molecule has 0 fully saturated rings. The van der Waals surface area contributed by atoms with E-state index in [9.17, 15) is 9.18 Å². The third-order valence-electron chi connectivity index (χ3n) is 4.42. The van der Waals surface area contributed by atoms with E-state index >= 15 is 0 Å². The maximum absolute atomic E-state index is 13.9. The molecule has 5 nitrogen and oxygen atoms in total. The van der Waals surface area contributed by atoms with Gasteiger partial charge in [0, 0.05) is 13.6 Å². The van der Waals surface area contributed by atoms with Gasteiger partial charge in [-0.15, -0.1) is 0 Å². The molecule has 140 valence electrons. The summed E-state index contributed by atoms with van der Waals surface area (Å²) in [5.41, 5.74) is 3.00. The van der Waals surface area contributed by atoms with Crippen LogP contribution in [-0.4, -0.2) is 34.7 Å². The van der Waals surface area contributed by atoms with Crippen LogP contribution in [0.5, 0.6) is 5.75 Å². The summed E-state index contributed by atoms with van der Waals surface area (Å²) in [6.45, 7) is 2.28. The Morgan fingerprint density at radius 1 is 1.22 bits per heavy atom. The summed E-state index contributed by atoms with van der Waals surface area (Å²) in [6, 6.07) is 14.4. The van der Waals surface area contributed by atoms with Crippen molar-refractivity contribution in [1.82, 2.24) is 14.7 Å². The first kappa shape index (κ1) is 18.6. The Hall–Kier alpha value is -3.15. The van der Waals surface area contributed by atoms with Crippen LogP contribution in [0.3, 0.4) is 0 Å². The van der Waals surface area contributed by atoms with E-state index in [2.05, 4.69) is 5.10 Å². The first-order chi connectivity index (χ1) is 13.0. The van der Waals surface area contributed by atoms with E-state index in [1.807, 2.05) is 37.3 Å². The lowest BCUT2D eigenvalue weighted by atomic mass is 10.1. The van der Waals surface area contributed by atoms with Crippen LogP contribution in [0.1, 0.15) is 28.5 Å². The van der Waals surface area contributed by atoms with Gasteiger partial charge in [-0.3, -0.25) is 4.79 Å². The summed E-state index contributed by atoms with van der Waals surface area (Å²) in [5.74, 6) is -0.405. The largest absolute Gasteiger partial charge is 0.494 e. The molecule has 0 saturated heterocycles. The second-order valence-electron chi connectivity index (χ2n) is 6.24. The van der Waals surface area contributed by atoms with Crippen molar-refractivity contribution in [3.8, 4) is 11.4 Å². The van der Waals surface area contributed by atoms with Crippen LogP contribution in [0.15, 0.2) is 54.7 Å². The van der Waals surface area contributed by atoms with Gasteiger partial charge in [0.2, 0.25) is 0 Å². The highest BCUT2D eigenvalue weighted by molar-refractivity contribution is 5.95. The Kier molecular flexibility index (Phi) is 5.54. The summed E-state index contributed by atoms with van der Waals surface area (Å²) in [6.07, 6.45) is 2.26. The predicted molar refractivity (Wildman–Crippen MR) is 102 cm³/mol. The average molecular weight is 367 g/mol. The van der Waals surface area contributed by atoms with Crippen molar-refractivity contribution in [2.45, 2.75) is 19.9 Å². The van der Waals surface area contributed by atoms with Gasteiger partial charge < -0.3 is 9.64 Å². The third kappa shape index (κ3) is 3.84. The number of carbonyl (C=O) groups is 1. The van der Waals surface area contributed by atoms with Crippen LogP contribution in [0.4, 0.5) is 4.39 Å². The fraction of sp³-hybridized carbons (Fsp3) is 0.238. The van der Waals surface area contributed by atoms with E-state index in [0.29, 0.717) is 24.1 Å². The van der Waals surface area contributed by atoms with Crippen molar-refractivity contribution in [2.75, 3.05) is 14.2 Å². The highest BCUT2D eigenvalue weighted by Crippen LogP contribution is 2.20. The van der Waals surface area contributed by atoms with Crippen LogP contribution >= 0.6 is 0 Å². The molecular formula is C21H22FN3O2. The van der Waals surface area contributed by atoms with Gasteiger partial charge >= 0.3 is 0 Å². The van der Waals surface area contributed by atoms with Gasteiger partial charge in [0.05, 0.1) is 30.3 Å². The van der Waals surface area contributed by atoms with E-state index in [-0.39, 0.29) is 11.7 Å². The lowest BCUT2D eigenvalue weighted by Crippen LogP contribution is -2.27. The van der Waals surface area contributed by atoms with Gasteiger partial charge in [0.15, 0.2) is 11.6 Å². The second-order valence-corrected chi connectivity index (χ2v) is 6.24. The molecule has 0 bridgehead atoms. The molecule has 27 heavy (non-hydrogen) atoms. The zero-order chi connectivity index (χ0) is 19.4. The van der Waals surface area contributed by atoms with Gasteiger partial charge in [0.25, 0.3) is 5.91 Å². The monoisotopic (exact) mass is 367 g/mol. The van der Waals surface area contributed by atoms with Gasteiger partial charge in [-0.2, -0.15) is 5.10 Å². The SMILES string of the molecule is CCc1c(C(=O)N(C)Cc2ccc(OC)c(F)c2)cnn1-c1ccccc1. The molecule has 1 aromatic heterocycles. The molecule has 0 aliphatic heterocycles. The Bertz CT molecular complexity index is 938. The predicted octanol–water partition coefficient (Wildman–Crippen LogP) is 3.85. The van der Waals surface area contributed by atoms with Crippen LogP contribution in [0, 0.1) is 5.82 Å². The van der Waals surface area contributed by atoms with Crippen molar-refractivity contribution in [3.05, 3.63) is 77.4 Å². The van der Waals surface area contributed by atoms with E-state index < -0.39 is 5.82 Å². The zero-order valence-electron chi connectivity index (χ0n) is 15.6. The number of hydrogen-bond acceptors (Lipinski definition) is 3. The lowest BCUT2D eigenvalue weighted by molar-refractivity contribution is 0.0784. The molecule has 0 spiro atoms. The summed E-state index contributed by atoms with van der Waals surface area (Å²) < 4.78 is 20.6. The molecule has 0 unspecified atom stereocenters. The van der Waals surface area contributed by atoms with Crippen LogP contribution < -0.4 is 4.74 Å². The Labute approximate surface area is 158 Å². The number of halogens is 1. The molecule has 2 aromatic carbocycles. The minimum Gasteiger partial charge on any atom is -0.494 e. The minimum absolute atomic E-state index is 0.148. The Morgan fingerprint density at radius 3 is 2.59 bits per heavy atom. The molecule has 1 heterocycles. The summed E-state index contributed by atoms with van der Waals surface area (Å²) in [7, 11) is 3.12. The summed E-state index contributed by atoms with van der Waals surface area (Å²) >= 11 is 0. The van der Waals surface area contributed by atoms with Crippen molar-refractivity contribution < 1.29 is 13.9 Å². The summed E-state index contributed by atoms with van der Waals surface area (Å²) in [5, 5.41) is 4.40. The zero-order valence-corrected chi connectivity index (χ0v) is 15.6. The maximum atomic E-state index is 13.9. The van der Waals surface area contributed by atoms with Crippen molar-refractivity contribution in [2.24, 2.45) is 0 Å². The van der Waals surface area contributed by atoms with Crippen LogP contribution in [0.25, 0.3) is 5.69 Å². The van der Waals surface area contributed by atoms with E-state index in [0.717, 1.165) is 11.4 Å². The number of aromatic nitrogens is 2. The van der Waals surface area contributed by atoms with E-state index in [1.165, 1.54) is 13.2 Å². The first-order valence-electron chi connectivity index (χ1n) is 8.75. The molecular weight excluding hydrogens is 345 g/mol. The smallest absolute Gasteiger partial charge is 0.257 e. The quantitative estimate of drug-likeness (QED) is 0.665. The first-order valence-corrected chi connectivity index (χ1v) is 8.75. The van der Waals surface area contributed by atoms with E-state index in [1.54, 1.807) is 35.0 Å². The number of benzene rings is 2. The topological polar surface area (TPSA) is 47.4 Å². The summed E-state index contributed by atoms with van der Waals surface area (Å²) in [4.78, 5) is 14.5. The normalized spacial score (nSPS) is 10.7. The Balaban J connectivity index is 1.83. The van der Waals surface area contributed by atoms with Gasteiger partial charge in [-0.1, -0.05) is 31.2 Å². The molecule has 3 aromatic rings. The second kappa shape index (κ2) is 8.03. The number of rotatable bonds is 6. The molecule has 0 N–H and O–H groups in total. The fourth-order valence-corrected chi connectivity index (χ4v) is 3.04. The molecule has 0 saturated carbocycles. The van der Waals surface area contributed by atoms with Gasteiger partial charge in [-0.25, -0.2) is 9.07 Å². The standard InChI is InChI=1S/C21H22FN3O2/c1-4-19-17(13-23-25(19)16-8-6-5-7-9-16)21(26)24(2)14-15-10-11-20(27-3)18(22)12-15/h5-13H,4,14H2,1-3H3. The molecule has 1 amide bonds. The third-order valence-corrected chi connectivity index (χ3v) is 4.42. The molecule has 0 aliphatic rings. The number of para-hydroxylation sites is 1. The molecule has 0 aliphatic carbocycles. The highest BCUT2D eigenvalue weighted by atomic mass is 19.1. The van der Waals surface area contributed by atoms with E-state index in [4.69, 9.17) is 4.74 Å². The van der Waals surface area contributed by atoms with Crippen LogP contribution in [-0.2, 0) is 13.0 Å². The molecule has 0 radical (unpaired) electrons. The van der Waals surface area contributed by atoms with Crippen molar-refractivity contribution in [1.29, 1.82) is 0 Å². The fourth-order valence-electron chi connectivity index (χ4n) is 3.04. The lowest BCUT2D eigenvalue weighted by Gasteiger charge is -2.18. The molecule has 6 heteroatoms. The molecule has 0 atom stereocenters.